The Labute approximate surface area is 101 Å². The van der Waals surface area contributed by atoms with Crippen LogP contribution in [0.4, 0.5) is 0 Å². The summed E-state index contributed by atoms with van der Waals surface area (Å²) < 4.78 is 0. The van der Waals surface area contributed by atoms with Crippen LogP contribution in [0.15, 0.2) is 0 Å². The molecule has 0 fully saturated rings. The maximum atomic E-state index is 5.66. The van der Waals surface area contributed by atoms with Gasteiger partial charge in [0, 0.05) is 12.3 Å². The molecule has 1 unspecified atom stereocenters. The Morgan fingerprint density at radius 1 is 1.19 bits per heavy atom. The van der Waals surface area contributed by atoms with Crippen molar-refractivity contribution < 1.29 is 0 Å². The molecule has 0 aromatic heterocycles. The van der Waals surface area contributed by atoms with Gasteiger partial charge in [0.25, 0.3) is 0 Å². The average Bonchev–Trinajstić information content (AvgIpc) is 2.26. The molecule has 0 radical (unpaired) electrons. The second-order valence-electron chi connectivity index (χ2n) is 4.46. The number of hydrogen-bond acceptors (Lipinski definition) is 0. The topological polar surface area (TPSA) is 0 Å². The van der Waals surface area contributed by atoms with Gasteiger partial charge in [-0.3, -0.25) is 0 Å². The quantitative estimate of drug-likeness (QED) is 0.481. The fourth-order valence-corrected chi connectivity index (χ4v) is 1.63. The van der Waals surface area contributed by atoms with Crippen LogP contribution < -0.4 is 0 Å². The van der Waals surface area contributed by atoms with Crippen LogP contribution in [0, 0.1) is 47.9 Å². The summed E-state index contributed by atoms with van der Waals surface area (Å²) in [6, 6.07) is 0. The third kappa shape index (κ3) is 5.53. The summed E-state index contributed by atoms with van der Waals surface area (Å²) in [5.41, 5.74) is -0.254. The van der Waals surface area contributed by atoms with Crippen molar-refractivity contribution in [2.75, 3.05) is 0 Å². The van der Waals surface area contributed by atoms with E-state index in [0.29, 0.717) is 5.92 Å². The van der Waals surface area contributed by atoms with Gasteiger partial charge in [0.2, 0.25) is 0 Å². The molecule has 1 atom stereocenters. The Balaban J connectivity index is 4.69. The van der Waals surface area contributed by atoms with Gasteiger partial charge < -0.3 is 0 Å². The van der Waals surface area contributed by atoms with Crippen LogP contribution in [0.5, 0.6) is 0 Å². The van der Waals surface area contributed by atoms with Gasteiger partial charge >= 0.3 is 0 Å². The fourth-order valence-electron chi connectivity index (χ4n) is 1.63. The second kappa shape index (κ2) is 7.91. The van der Waals surface area contributed by atoms with E-state index in [0.717, 1.165) is 32.1 Å². The van der Waals surface area contributed by atoms with Crippen molar-refractivity contribution in [2.45, 2.75) is 52.9 Å². The van der Waals surface area contributed by atoms with E-state index in [1.165, 1.54) is 0 Å². The van der Waals surface area contributed by atoms with Crippen LogP contribution in [0.25, 0.3) is 0 Å². The van der Waals surface area contributed by atoms with Crippen LogP contribution in [0.2, 0.25) is 0 Å². The van der Waals surface area contributed by atoms with Crippen molar-refractivity contribution in [2.24, 2.45) is 11.3 Å². The first-order valence-electron chi connectivity index (χ1n) is 6.04. The summed E-state index contributed by atoms with van der Waals surface area (Å²) in [5.74, 6) is 12.4. The molecule has 0 aromatic carbocycles. The molecule has 0 saturated heterocycles. The summed E-state index contributed by atoms with van der Waals surface area (Å²) in [5, 5.41) is 0. The zero-order chi connectivity index (χ0) is 12.4. The van der Waals surface area contributed by atoms with E-state index >= 15 is 0 Å². The van der Waals surface area contributed by atoms with E-state index < -0.39 is 0 Å². The fraction of sp³-hybridized carbons (Fsp3) is 0.625. The Kier molecular flexibility index (Phi) is 7.25. The summed E-state index contributed by atoms with van der Waals surface area (Å²) >= 11 is 0. The summed E-state index contributed by atoms with van der Waals surface area (Å²) in [6.07, 6.45) is 15.6. The van der Waals surface area contributed by atoms with Crippen molar-refractivity contribution in [3.05, 3.63) is 0 Å². The van der Waals surface area contributed by atoms with Crippen molar-refractivity contribution in [1.29, 1.82) is 0 Å². The highest BCUT2D eigenvalue weighted by molar-refractivity contribution is 5.25. The molecule has 0 amide bonds. The molecule has 0 heteroatoms. The maximum absolute atomic E-state index is 5.66. The lowest BCUT2D eigenvalue weighted by atomic mass is 9.80. The van der Waals surface area contributed by atoms with Gasteiger partial charge in [0.1, 0.15) is 0 Å². The number of hydrogen-bond donors (Lipinski definition) is 0. The number of terminal acetylenes is 2. The van der Waals surface area contributed by atoms with Gasteiger partial charge in [-0.2, -0.15) is 0 Å². The molecule has 0 aromatic rings. The highest BCUT2D eigenvalue weighted by atomic mass is 14.2. The molecular weight excluding hydrogens is 192 g/mol. The molecule has 0 spiro atoms. The highest BCUT2D eigenvalue weighted by Crippen LogP contribution is 2.29. The van der Waals surface area contributed by atoms with Crippen LogP contribution >= 0.6 is 0 Å². The zero-order valence-corrected chi connectivity index (χ0v) is 10.8. The van der Waals surface area contributed by atoms with Crippen LogP contribution in [0.3, 0.4) is 0 Å². The molecule has 0 N–H and O–H groups in total. The molecule has 16 heavy (non-hydrogen) atoms. The number of rotatable bonds is 5. The van der Waals surface area contributed by atoms with E-state index in [4.69, 9.17) is 12.8 Å². The van der Waals surface area contributed by atoms with Crippen molar-refractivity contribution >= 4 is 0 Å². The van der Waals surface area contributed by atoms with E-state index in [1.807, 2.05) is 0 Å². The van der Waals surface area contributed by atoms with Crippen molar-refractivity contribution in [3.63, 3.8) is 0 Å². The lowest BCUT2D eigenvalue weighted by molar-refractivity contribution is 0.432. The molecule has 0 aliphatic carbocycles. The number of unbranched alkanes of at least 4 members (excludes halogenated alkanes) is 1. The average molecular weight is 214 g/mol. The summed E-state index contributed by atoms with van der Waals surface area (Å²) in [6.45, 7) is 6.31. The van der Waals surface area contributed by atoms with E-state index in [-0.39, 0.29) is 5.41 Å². The second-order valence-corrected chi connectivity index (χ2v) is 4.46. The molecule has 0 saturated carbocycles. The van der Waals surface area contributed by atoms with Gasteiger partial charge in [-0.1, -0.05) is 45.0 Å². The van der Waals surface area contributed by atoms with Gasteiger partial charge in [-0.15, -0.1) is 18.8 Å². The normalized spacial score (nSPS) is 13.1. The molecule has 0 rings (SSSR count). The third-order valence-electron chi connectivity index (χ3n) is 2.48. The Bertz CT molecular complexity index is 324. The SMILES string of the molecule is C#CCCCC(C#C)(C#CC(C)C)CCC. The highest BCUT2D eigenvalue weighted by Gasteiger charge is 2.23. The van der Waals surface area contributed by atoms with E-state index in [2.05, 4.69) is 44.5 Å². The Morgan fingerprint density at radius 3 is 2.31 bits per heavy atom. The van der Waals surface area contributed by atoms with Crippen molar-refractivity contribution in [1.82, 2.24) is 0 Å². The molecular formula is C16H22. The van der Waals surface area contributed by atoms with E-state index in [1.54, 1.807) is 0 Å². The summed E-state index contributed by atoms with van der Waals surface area (Å²) in [4.78, 5) is 0. The zero-order valence-electron chi connectivity index (χ0n) is 10.8. The predicted molar refractivity (Wildman–Crippen MR) is 71.5 cm³/mol. The lowest BCUT2D eigenvalue weighted by Crippen LogP contribution is -2.16. The molecule has 0 nitrogen and oxygen atoms in total. The molecule has 0 aliphatic rings. The molecule has 0 aliphatic heterocycles. The predicted octanol–water partition coefficient (Wildman–Crippen LogP) is 3.87. The Morgan fingerprint density at radius 2 is 1.88 bits per heavy atom. The molecule has 86 valence electrons. The monoisotopic (exact) mass is 214 g/mol. The van der Waals surface area contributed by atoms with Gasteiger partial charge in [0.15, 0.2) is 0 Å². The maximum Gasteiger partial charge on any atom is 0.0916 e. The van der Waals surface area contributed by atoms with Gasteiger partial charge in [-0.05, 0) is 19.3 Å². The third-order valence-corrected chi connectivity index (χ3v) is 2.48. The first kappa shape index (κ1) is 14.7. The first-order chi connectivity index (χ1) is 7.60. The molecule has 0 heterocycles. The minimum absolute atomic E-state index is 0.254. The Hall–Kier alpha value is -1.32. The smallest absolute Gasteiger partial charge is 0.0916 e. The largest absolute Gasteiger partial charge is 0.120 e. The summed E-state index contributed by atoms with van der Waals surface area (Å²) in [7, 11) is 0. The van der Waals surface area contributed by atoms with Crippen LogP contribution in [0.1, 0.15) is 52.9 Å². The van der Waals surface area contributed by atoms with Gasteiger partial charge in [-0.25, -0.2) is 0 Å². The van der Waals surface area contributed by atoms with Crippen LogP contribution in [-0.4, -0.2) is 0 Å². The van der Waals surface area contributed by atoms with E-state index in [9.17, 15) is 0 Å². The lowest BCUT2D eigenvalue weighted by Gasteiger charge is -2.21. The van der Waals surface area contributed by atoms with Crippen molar-refractivity contribution in [3.8, 4) is 36.5 Å². The minimum atomic E-state index is -0.254. The van der Waals surface area contributed by atoms with Gasteiger partial charge in [0.05, 0.1) is 5.41 Å². The first-order valence-corrected chi connectivity index (χ1v) is 6.04. The standard InChI is InChI=1S/C16H22/c1-6-9-10-13-16(8-3,12-7-2)14-11-15(4)5/h1,3,15H,7,9-10,12-13H2,2,4-5H3. The van der Waals surface area contributed by atoms with Crippen LogP contribution in [-0.2, 0) is 0 Å². The minimum Gasteiger partial charge on any atom is -0.120 e. The molecule has 0 bridgehead atoms.